The average Bonchev–Trinajstić information content (AvgIpc) is 2.16. The zero-order chi connectivity index (χ0) is 11.8. The van der Waals surface area contributed by atoms with E-state index in [-0.39, 0.29) is 37.1 Å². The number of Topliss-reactive ketones (excluding diaryl/α,β-unsaturated/α-hetero) is 1. The number of ketones is 1. The molecule has 2 nitrogen and oxygen atoms in total. The summed E-state index contributed by atoms with van der Waals surface area (Å²) < 4.78 is 3.32. The van der Waals surface area contributed by atoms with Gasteiger partial charge in [-0.25, -0.2) is 0 Å². The van der Waals surface area contributed by atoms with Crippen LogP contribution in [0.4, 0.5) is 0 Å². The molecule has 0 rings (SSSR count). The van der Waals surface area contributed by atoms with Gasteiger partial charge >= 0.3 is 104 Å². The van der Waals surface area contributed by atoms with Crippen molar-refractivity contribution < 1.29 is 26.3 Å². The van der Waals surface area contributed by atoms with Crippen LogP contribution in [-0.2, 0) is 4.79 Å². The van der Waals surface area contributed by atoms with Crippen molar-refractivity contribution in [3.05, 3.63) is 12.2 Å². The number of hydrogen-bond donors (Lipinski definition) is 1. The van der Waals surface area contributed by atoms with Crippen LogP contribution >= 0.6 is 0 Å². The van der Waals surface area contributed by atoms with Gasteiger partial charge in [0.05, 0.1) is 0 Å². The minimum absolute atomic E-state index is 0.118. The molecule has 3 heteroatoms. The molecule has 0 aliphatic carbocycles. The van der Waals surface area contributed by atoms with E-state index in [9.17, 15) is 4.79 Å². The fourth-order valence-electron chi connectivity index (χ4n) is 1.25. The van der Waals surface area contributed by atoms with E-state index in [4.69, 9.17) is 6.42 Å². The van der Waals surface area contributed by atoms with E-state index >= 15 is 0 Å². The third kappa shape index (κ3) is 5.95. The maximum atomic E-state index is 11.3. The van der Waals surface area contributed by atoms with Gasteiger partial charge in [0.25, 0.3) is 0 Å². The SMILES string of the molecule is C#CC(CCC([I-]NC)C(C)=O)C(=C)C. The molecule has 0 spiro atoms. The number of terminal acetylenes is 1. The van der Waals surface area contributed by atoms with Gasteiger partial charge in [0.2, 0.25) is 0 Å². The molecule has 0 fully saturated rings. The van der Waals surface area contributed by atoms with Crippen molar-refractivity contribution in [3.63, 3.8) is 0 Å². The third-order valence-corrected chi connectivity index (χ3v) is 5.06. The van der Waals surface area contributed by atoms with Crippen LogP contribution in [0.15, 0.2) is 12.2 Å². The summed E-state index contributed by atoms with van der Waals surface area (Å²) in [6.07, 6.45) is 7.16. The Morgan fingerprint density at radius 1 is 1.53 bits per heavy atom. The van der Waals surface area contributed by atoms with Gasteiger partial charge in [0, 0.05) is 0 Å². The number of nitrogens with one attached hydrogen (secondary N) is 1. The topological polar surface area (TPSA) is 29.1 Å². The second-order valence-electron chi connectivity index (χ2n) is 3.52. The predicted molar refractivity (Wildman–Crippen MR) is 59.9 cm³/mol. The number of carbonyl (C=O) groups excluding carboxylic acids is 1. The van der Waals surface area contributed by atoms with Crippen molar-refractivity contribution in [1.82, 2.24) is 3.53 Å². The molecule has 0 radical (unpaired) electrons. The van der Waals surface area contributed by atoms with Crippen LogP contribution < -0.4 is 25.0 Å². The number of rotatable bonds is 7. The van der Waals surface area contributed by atoms with Gasteiger partial charge in [-0.1, -0.05) is 0 Å². The normalized spacial score (nSPS) is 14.3. The molecule has 0 amide bonds. The molecule has 0 aromatic heterocycles. The standard InChI is InChI=1S/C12H19INO/c1-6-11(9(2)3)7-8-12(10(4)15)13-14-5/h1,11-12,14H,2,7-8H2,3-5H3/q-1. The zero-order valence-corrected chi connectivity index (χ0v) is 11.8. The summed E-state index contributed by atoms with van der Waals surface area (Å²) in [7, 11) is 1.90. The van der Waals surface area contributed by atoms with Crippen molar-refractivity contribution >= 4 is 5.78 Å². The van der Waals surface area contributed by atoms with Gasteiger partial charge in [-0.2, -0.15) is 0 Å². The Morgan fingerprint density at radius 3 is 2.47 bits per heavy atom. The first-order valence-corrected chi connectivity index (χ1v) is 7.26. The average molecular weight is 320 g/mol. The Hall–Kier alpha value is -0.340. The van der Waals surface area contributed by atoms with Crippen LogP contribution in [0.1, 0.15) is 26.7 Å². The summed E-state index contributed by atoms with van der Waals surface area (Å²) in [6, 6.07) is 0. The van der Waals surface area contributed by atoms with Crippen LogP contribution in [0.5, 0.6) is 0 Å². The fourth-order valence-corrected chi connectivity index (χ4v) is 3.11. The van der Waals surface area contributed by atoms with Gasteiger partial charge in [-0.3, -0.25) is 0 Å². The molecule has 86 valence electrons. The summed E-state index contributed by atoms with van der Waals surface area (Å²) in [5.41, 5.74) is 1.02. The first-order valence-electron chi connectivity index (χ1n) is 4.94. The molecule has 0 saturated carbocycles. The number of halogens is 1. The number of hydrogen-bond acceptors (Lipinski definition) is 2. The van der Waals surface area contributed by atoms with Gasteiger partial charge in [0.15, 0.2) is 0 Å². The molecular weight excluding hydrogens is 301 g/mol. The number of allylic oxidation sites excluding steroid dienone is 1. The molecule has 0 aromatic rings. The van der Waals surface area contributed by atoms with Crippen LogP contribution in [0.3, 0.4) is 0 Å². The van der Waals surface area contributed by atoms with Crippen LogP contribution in [0.2, 0.25) is 0 Å². The van der Waals surface area contributed by atoms with Gasteiger partial charge in [-0.05, 0) is 0 Å². The first kappa shape index (κ1) is 14.7. The van der Waals surface area contributed by atoms with Crippen molar-refractivity contribution in [1.29, 1.82) is 0 Å². The van der Waals surface area contributed by atoms with Crippen molar-refractivity contribution in [2.24, 2.45) is 5.92 Å². The first-order chi connectivity index (χ1) is 7.02. The Balaban J connectivity index is 4.15. The Bertz CT molecular complexity index is 267. The Kier molecular flexibility index (Phi) is 7.71. The molecule has 0 saturated heterocycles. The van der Waals surface area contributed by atoms with E-state index < -0.39 is 0 Å². The second-order valence-corrected chi connectivity index (χ2v) is 6.72. The zero-order valence-electron chi connectivity index (χ0n) is 9.64. The quantitative estimate of drug-likeness (QED) is 0.209. The van der Waals surface area contributed by atoms with E-state index in [0.29, 0.717) is 0 Å². The molecule has 0 bridgehead atoms. The van der Waals surface area contributed by atoms with Gasteiger partial charge < -0.3 is 0 Å². The molecule has 2 atom stereocenters. The predicted octanol–water partition coefficient (Wildman–Crippen LogP) is -1.23. The summed E-state index contributed by atoms with van der Waals surface area (Å²) in [5, 5.41) is 0. The van der Waals surface area contributed by atoms with E-state index in [2.05, 4.69) is 16.0 Å². The van der Waals surface area contributed by atoms with E-state index in [0.717, 1.165) is 18.4 Å². The molecule has 0 aliphatic heterocycles. The van der Waals surface area contributed by atoms with Gasteiger partial charge in [0.1, 0.15) is 0 Å². The maximum absolute atomic E-state index is 11.3. The minimum atomic E-state index is -0.233. The molecule has 2 unspecified atom stereocenters. The molecule has 0 aromatic carbocycles. The Labute approximate surface area is 104 Å². The van der Waals surface area contributed by atoms with Crippen molar-refractivity contribution in [2.75, 3.05) is 7.05 Å². The molecule has 0 heterocycles. The van der Waals surface area contributed by atoms with Crippen LogP contribution in [0.25, 0.3) is 0 Å². The Morgan fingerprint density at radius 2 is 2.13 bits per heavy atom. The van der Waals surface area contributed by atoms with Crippen molar-refractivity contribution in [3.8, 4) is 12.3 Å². The molecule has 0 aliphatic rings. The summed E-state index contributed by atoms with van der Waals surface area (Å²) in [6.45, 7) is 7.47. The molecule has 15 heavy (non-hydrogen) atoms. The summed E-state index contributed by atoms with van der Waals surface area (Å²) in [5.74, 6) is 3.11. The summed E-state index contributed by atoms with van der Waals surface area (Å²) >= 11 is -0.233. The number of carbonyl (C=O) groups is 1. The van der Waals surface area contributed by atoms with E-state index in [1.54, 1.807) is 6.92 Å². The van der Waals surface area contributed by atoms with E-state index in [1.165, 1.54) is 0 Å². The molecule has 1 N–H and O–H groups in total. The third-order valence-electron chi connectivity index (χ3n) is 2.19. The van der Waals surface area contributed by atoms with Crippen LogP contribution in [-0.4, -0.2) is 16.8 Å². The monoisotopic (exact) mass is 320 g/mol. The summed E-state index contributed by atoms with van der Waals surface area (Å²) in [4.78, 5) is 11.3. The fraction of sp³-hybridized carbons (Fsp3) is 0.583. The molecular formula is C12H19INO-. The van der Waals surface area contributed by atoms with Crippen LogP contribution in [0, 0.1) is 18.3 Å². The second kappa shape index (κ2) is 7.89. The van der Waals surface area contributed by atoms with Gasteiger partial charge in [-0.15, -0.1) is 0 Å². The van der Waals surface area contributed by atoms with E-state index in [1.807, 2.05) is 14.0 Å². The number of alkyl halides is 1. The van der Waals surface area contributed by atoms with Crippen molar-refractivity contribution in [2.45, 2.75) is 30.6 Å².